The van der Waals surface area contributed by atoms with Crippen molar-refractivity contribution in [3.63, 3.8) is 0 Å². The van der Waals surface area contributed by atoms with Gasteiger partial charge in [0.1, 0.15) is 9.84 Å². The Labute approximate surface area is 166 Å². The number of hydrogen-bond donors (Lipinski definition) is 1. The van der Waals surface area contributed by atoms with Crippen LogP contribution in [-0.2, 0) is 9.84 Å². The van der Waals surface area contributed by atoms with Crippen LogP contribution < -0.4 is 4.90 Å². The van der Waals surface area contributed by atoms with Crippen LogP contribution in [0, 0.1) is 16.0 Å². The lowest BCUT2D eigenvalue weighted by Crippen LogP contribution is -2.47. The standard InChI is InChI=1S/C19H29N3O5S/c1-28(26,27)13-8-15-4-9-20(10-5-15)16-6-11-21(12-7-16)17-2-3-18(22(24)25)19(23)14-17/h2-3,14-16,23H,4-13H2,1H3. The van der Waals surface area contributed by atoms with E-state index in [1.165, 1.54) is 18.4 Å². The van der Waals surface area contributed by atoms with E-state index in [0.717, 1.165) is 64.0 Å². The molecule has 0 spiro atoms. The number of phenols is 1. The number of anilines is 1. The number of nitro groups is 1. The third-order valence-electron chi connectivity index (χ3n) is 6.05. The van der Waals surface area contributed by atoms with Gasteiger partial charge in [-0.15, -0.1) is 0 Å². The van der Waals surface area contributed by atoms with Gasteiger partial charge in [0, 0.05) is 43.2 Å². The highest BCUT2D eigenvalue weighted by molar-refractivity contribution is 7.90. The zero-order chi connectivity index (χ0) is 20.3. The summed E-state index contributed by atoms with van der Waals surface area (Å²) in [6.07, 6.45) is 6.24. The molecule has 2 fully saturated rings. The minimum absolute atomic E-state index is 0.266. The van der Waals surface area contributed by atoms with Gasteiger partial charge in [-0.2, -0.15) is 0 Å². The normalized spacial score (nSPS) is 20.4. The fourth-order valence-electron chi connectivity index (χ4n) is 4.34. The molecule has 1 aromatic carbocycles. The van der Waals surface area contributed by atoms with Gasteiger partial charge in [-0.3, -0.25) is 10.1 Å². The molecule has 3 rings (SSSR count). The van der Waals surface area contributed by atoms with Crippen molar-refractivity contribution in [2.24, 2.45) is 5.92 Å². The van der Waals surface area contributed by atoms with Crippen LogP contribution in [0.3, 0.4) is 0 Å². The molecule has 0 unspecified atom stereocenters. The second kappa shape index (κ2) is 8.65. The highest BCUT2D eigenvalue weighted by atomic mass is 32.2. The number of rotatable bonds is 6. The van der Waals surface area contributed by atoms with Gasteiger partial charge in [-0.25, -0.2) is 8.42 Å². The van der Waals surface area contributed by atoms with E-state index in [1.807, 2.05) is 0 Å². The summed E-state index contributed by atoms with van der Waals surface area (Å²) in [5.41, 5.74) is 0.554. The highest BCUT2D eigenvalue weighted by Crippen LogP contribution is 2.32. The van der Waals surface area contributed by atoms with Gasteiger partial charge in [0.25, 0.3) is 0 Å². The first-order chi connectivity index (χ1) is 13.2. The summed E-state index contributed by atoms with van der Waals surface area (Å²) in [6, 6.07) is 5.06. The molecule has 28 heavy (non-hydrogen) atoms. The molecule has 0 aliphatic carbocycles. The third-order valence-corrected chi connectivity index (χ3v) is 7.03. The van der Waals surface area contributed by atoms with Crippen molar-refractivity contribution < 1.29 is 18.4 Å². The zero-order valence-corrected chi connectivity index (χ0v) is 17.1. The number of sulfone groups is 1. The summed E-state index contributed by atoms with van der Waals surface area (Å²) in [7, 11) is -2.87. The Hall–Kier alpha value is -1.87. The predicted molar refractivity (Wildman–Crippen MR) is 109 cm³/mol. The number of phenolic OH excluding ortho intramolecular Hbond substituents is 1. The Morgan fingerprint density at radius 2 is 1.79 bits per heavy atom. The summed E-state index contributed by atoms with van der Waals surface area (Å²) < 4.78 is 22.7. The molecule has 9 heteroatoms. The van der Waals surface area contributed by atoms with Gasteiger partial charge >= 0.3 is 5.69 Å². The van der Waals surface area contributed by atoms with E-state index < -0.39 is 14.8 Å². The molecule has 8 nitrogen and oxygen atoms in total. The Balaban J connectivity index is 1.47. The fourth-order valence-corrected chi connectivity index (χ4v) is 5.10. The van der Waals surface area contributed by atoms with Gasteiger partial charge < -0.3 is 14.9 Å². The molecule has 0 bridgehead atoms. The molecule has 2 saturated heterocycles. The summed E-state index contributed by atoms with van der Waals surface area (Å²) in [5, 5.41) is 20.7. The van der Waals surface area contributed by atoms with Gasteiger partial charge in [0.2, 0.25) is 0 Å². The molecule has 0 amide bonds. The number of benzene rings is 1. The maximum atomic E-state index is 11.3. The predicted octanol–water partition coefficient (Wildman–Crippen LogP) is 2.42. The van der Waals surface area contributed by atoms with E-state index in [9.17, 15) is 23.6 Å². The van der Waals surface area contributed by atoms with E-state index in [2.05, 4.69) is 9.80 Å². The first-order valence-corrected chi connectivity index (χ1v) is 11.9. The Morgan fingerprint density at radius 3 is 2.32 bits per heavy atom. The van der Waals surface area contributed by atoms with Crippen LogP contribution in [0.1, 0.15) is 32.1 Å². The molecule has 1 aromatic rings. The number of piperidine rings is 2. The largest absolute Gasteiger partial charge is 0.502 e. The van der Waals surface area contributed by atoms with Crippen molar-refractivity contribution in [1.82, 2.24) is 4.90 Å². The van der Waals surface area contributed by atoms with Crippen LogP contribution in [0.5, 0.6) is 5.75 Å². The smallest absolute Gasteiger partial charge is 0.310 e. The van der Waals surface area contributed by atoms with Crippen LogP contribution in [0.4, 0.5) is 11.4 Å². The monoisotopic (exact) mass is 411 g/mol. The first kappa shape index (κ1) is 20.9. The van der Waals surface area contributed by atoms with Gasteiger partial charge in [-0.05, 0) is 57.2 Å². The van der Waals surface area contributed by atoms with Crippen LogP contribution in [0.15, 0.2) is 18.2 Å². The van der Waals surface area contributed by atoms with Crippen LogP contribution in [-0.4, -0.2) is 67.6 Å². The Kier molecular flexibility index (Phi) is 6.44. The summed E-state index contributed by atoms with van der Waals surface area (Å²) in [5.74, 6) is 0.507. The maximum absolute atomic E-state index is 11.3. The lowest BCUT2D eigenvalue weighted by molar-refractivity contribution is -0.385. The number of nitrogens with zero attached hydrogens (tertiary/aromatic N) is 3. The lowest BCUT2D eigenvalue weighted by atomic mass is 9.91. The minimum atomic E-state index is -2.87. The number of likely N-dealkylation sites (tertiary alicyclic amines) is 1. The second-order valence-electron chi connectivity index (χ2n) is 8.05. The van der Waals surface area contributed by atoms with Crippen LogP contribution >= 0.6 is 0 Å². The molecule has 2 aliphatic heterocycles. The molecule has 2 heterocycles. The SMILES string of the molecule is CS(=O)(=O)CCC1CCN(C2CCN(c3ccc([N+](=O)[O-])c(O)c3)CC2)CC1. The zero-order valence-electron chi connectivity index (χ0n) is 16.3. The molecule has 0 aromatic heterocycles. The van der Waals surface area contributed by atoms with Crippen molar-refractivity contribution in [3.05, 3.63) is 28.3 Å². The molecular formula is C19H29N3O5S. The first-order valence-electron chi connectivity index (χ1n) is 9.87. The van der Waals surface area contributed by atoms with Gasteiger partial charge in [-0.1, -0.05) is 0 Å². The Morgan fingerprint density at radius 1 is 1.14 bits per heavy atom. The molecule has 0 radical (unpaired) electrons. The Bertz CT molecular complexity index is 798. The van der Waals surface area contributed by atoms with Gasteiger partial charge in [0.15, 0.2) is 5.75 Å². The molecular weight excluding hydrogens is 382 g/mol. The van der Waals surface area contributed by atoms with Crippen molar-refractivity contribution in [2.75, 3.05) is 43.1 Å². The topological polar surface area (TPSA) is 104 Å². The van der Waals surface area contributed by atoms with E-state index in [0.29, 0.717) is 12.0 Å². The number of hydrogen-bond acceptors (Lipinski definition) is 7. The van der Waals surface area contributed by atoms with E-state index in [1.54, 1.807) is 6.07 Å². The van der Waals surface area contributed by atoms with Crippen molar-refractivity contribution in [1.29, 1.82) is 0 Å². The number of nitro benzene ring substituents is 1. The van der Waals surface area contributed by atoms with E-state index in [4.69, 9.17) is 0 Å². The van der Waals surface area contributed by atoms with Crippen molar-refractivity contribution >= 4 is 21.2 Å². The van der Waals surface area contributed by atoms with Crippen molar-refractivity contribution in [2.45, 2.75) is 38.1 Å². The molecule has 2 aliphatic rings. The average Bonchev–Trinajstić information content (AvgIpc) is 2.66. The average molecular weight is 412 g/mol. The summed E-state index contributed by atoms with van der Waals surface area (Å²) >= 11 is 0. The van der Waals surface area contributed by atoms with Crippen LogP contribution in [0.25, 0.3) is 0 Å². The molecule has 1 N–H and O–H groups in total. The van der Waals surface area contributed by atoms with E-state index >= 15 is 0 Å². The molecule has 156 valence electrons. The fraction of sp³-hybridized carbons (Fsp3) is 0.684. The highest BCUT2D eigenvalue weighted by Gasteiger charge is 2.29. The lowest BCUT2D eigenvalue weighted by Gasteiger charge is -2.42. The third kappa shape index (κ3) is 5.35. The molecule has 0 saturated carbocycles. The minimum Gasteiger partial charge on any atom is -0.502 e. The summed E-state index contributed by atoms with van der Waals surface area (Å²) in [4.78, 5) is 15.0. The van der Waals surface area contributed by atoms with Crippen molar-refractivity contribution in [3.8, 4) is 5.75 Å². The van der Waals surface area contributed by atoms with E-state index in [-0.39, 0.29) is 17.2 Å². The van der Waals surface area contributed by atoms with Crippen LogP contribution in [0.2, 0.25) is 0 Å². The molecule has 0 atom stereocenters. The number of aromatic hydroxyl groups is 1. The summed E-state index contributed by atoms with van der Waals surface area (Å²) in [6.45, 7) is 3.76. The van der Waals surface area contributed by atoms with Gasteiger partial charge in [0.05, 0.1) is 10.7 Å². The quantitative estimate of drug-likeness (QED) is 0.566. The maximum Gasteiger partial charge on any atom is 0.310 e. The second-order valence-corrected chi connectivity index (χ2v) is 10.3.